The zero-order valence-corrected chi connectivity index (χ0v) is 27.2. The third-order valence-corrected chi connectivity index (χ3v) is 9.37. The van der Waals surface area contributed by atoms with Gasteiger partial charge in [-0.15, -0.1) is 0 Å². The number of aliphatic hydroxyl groups excluding tert-OH is 10. The Kier molecular flexibility index (Phi) is 13.4. The first-order valence-electron chi connectivity index (χ1n) is 14.8. The summed E-state index contributed by atoms with van der Waals surface area (Å²) >= 11 is 1.92. The normalized spacial score (nSPS) is 51.9. The van der Waals surface area contributed by atoms with E-state index in [9.17, 15) is 55.9 Å². The summed E-state index contributed by atoms with van der Waals surface area (Å²) < 4.78 is 40.7. The van der Waals surface area contributed by atoms with E-state index in [0.717, 1.165) is 6.92 Å². The summed E-state index contributed by atoms with van der Waals surface area (Å²) in [5.41, 5.74) is 0. The van der Waals surface area contributed by atoms with Crippen LogP contribution in [0, 0.1) is 0 Å². The highest BCUT2D eigenvalue weighted by atomic mass is 127. The minimum atomic E-state index is -1.88. The number of carbonyl (C=O) groups excluding carboxylic acids is 1. The lowest BCUT2D eigenvalue weighted by atomic mass is 9.94. The van der Waals surface area contributed by atoms with Crippen LogP contribution in [0.1, 0.15) is 20.8 Å². The minimum Gasteiger partial charge on any atom is -0.394 e. The van der Waals surface area contributed by atoms with Crippen molar-refractivity contribution in [2.24, 2.45) is 0 Å². The molecule has 4 heterocycles. The first kappa shape index (κ1) is 38.3. The number of hydrogen-bond donors (Lipinski definition) is 11. The predicted molar refractivity (Wildman–Crippen MR) is 154 cm³/mol. The largest absolute Gasteiger partial charge is 0.394 e. The molecule has 0 aliphatic carbocycles. The first-order chi connectivity index (χ1) is 21.6. The second-order valence-corrected chi connectivity index (χ2v) is 12.7. The number of nitrogens with one attached hydrogen (secondary N) is 1. The van der Waals surface area contributed by atoms with Gasteiger partial charge in [0.15, 0.2) is 25.2 Å². The molecule has 19 nitrogen and oxygen atoms in total. The third kappa shape index (κ3) is 7.94. The number of halogens is 1. The zero-order valence-electron chi connectivity index (χ0n) is 25.1. The number of rotatable bonds is 9. The lowest BCUT2D eigenvalue weighted by Crippen LogP contribution is -2.70. The van der Waals surface area contributed by atoms with E-state index in [1.807, 2.05) is 22.6 Å². The Bertz CT molecular complexity index is 1000. The van der Waals surface area contributed by atoms with Gasteiger partial charge < -0.3 is 89.5 Å². The average molecular weight is 786 g/mol. The summed E-state index contributed by atoms with van der Waals surface area (Å²) in [6.45, 7) is 3.16. The zero-order chi connectivity index (χ0) is 34.2. The molecule has 0 unspecified atom stereocenters. The molecule has 0 aromatic carbocycles. The molecule has 0 spiro atoms. The lowest BCUT2D eigenvalue weighted by molar-refractivity contribution is -0.388. The smallest absolute Gasteiger partial charge is 0.217 e. The minimum absolute atomic E-state index is 0.127. The van der Waals surface area contributed by atoms with Crippen LogP contribution in [0.2, 0.25) is 0 Å². The van der Waals surface area contributed by atoms with E-state index in [0.29, 0.717) is 0 Å². The fraction of sp³-hybridized carbons (Fsp3) is 0.962. The molecule has 1 amide bonds. The van der Waals surface area contributed by atoms with Crippen molar-refractivity contribution >= 4 is 28.5 Å². The van der Waals surface area contributed by atoms with E-state index in [2.05, 4.69) is 5.32 Å². The molecular weight excluding hydrogens is 741 g/mol. The molecule has 20 atom stereocenters. The highest BCUT2D eigenvalue weighted by Crippen LogP contribution is 2.35. The molecule has 4 fully saturated rings. The molecule has 0 aromatic rings. The van der Waals surface area contributed by atoms with Crippen molar-refractivity contribution in [1.82, 2.24) is 5.32 Å². The number of carbonyl (C=O) groups is 1. The Morgan fingerprint density at radius 2 is 1.13 bits per heavy atom. The Morgan fingerprint density at radius 3 is 1.61 bits per heavy atom. The Balaban J connectivity index is 1.69. The van der Waals surface area contributed by atoms with Crippen molar-refractivity contribution < 1.29 is 89.0 Å². The van der Waals surface area contributed by atoms with Crippen molar-refractivity contribution in [2.75, 3.05) is 11.0 Å². The van der Waals surface area contributed by atoms with Crippen LogP contribution >= 0.6 is 22.6 Å². The van der Waals surface area contributed by atoms with E-state index in [4.69, 9.17) is 33.2 Å². The van der Waals surface area contributed by atoms with Crippen molar-refractivity contribution in [2.45, 2.75) is 144 Å². The highest BCUT2D eigenvalue weighted by Gasteiger charge is 2.55. The first-order valence-corrected chi connectivity index (χ1v) is 16.3. The van der Waals surface area contributed by atoms with Crippen LogP contribution in [0.3, 0.4) is 0 Å². The fourth-order valence-corrected chi connectivity index (χ4v) is 6.49. The Hall–Kier alpha value is -0.480. The maximum absolute atomic E-state index is 12.2. The summed E-state index contributed by atoms with van der Waals surface area (Å²) in [7, 11) is 0. The number of alkyl halides is 1. The van der Waals surface area contributed by atoms with Gasteiger partial charge in [0, 0.05) is 11.4 Å². The van der Waals surface area contributed by atoms with Gasteiger partial charge in [-0.05, 0) is 13.8 Å². The standard InChI is InChI=1S/C26H44INO18/c1-6-12(31)15(34)18(37)24(40-6)44-20-9(4-27)42-23(39)11(28-8(3)30)21(20)45-26-22(17(36)14(33)10(5-29)43-26)46-25-19(38)16(35)13(32)7(2)41-25/h6-7,9-26,29,31-39H,4-5H2,1-3H3,(H,28,30)/t6-,7-,9+,10+,11+,12+,13+,14-,15+,16+,17-,18-,19-,20+,21+,22+,23+,24-,25-,26-/m0/s1. The average Bonchev–Trinajstić information content (AvgIpc) is 3.01. The Labute approximate surface area is 277 Å². The molecule has 0 radical (unpaired) electrons. The van der Waals surface area contributed by atoms with Gasteiger partial charge in [-0.1, -0.05) is 22.6 Å². The molecule has 4 aliphatic heterocycles. The fourth-order valence-electron chi connectivity index (χ4n) is 5.79. The van der Waals surface area contributed by atoms with E-state index in [1.54, 1.807) is 0 Å². The van der Waals surface area contributed by atoms with Gasteiger partial charge >= 0.3 is 0 Å². The van der Waals surface area contributed by atoms with E-state index in [-0.39, 0.29) is 4.43 Å². The topological polar surface area (TPSA) is 296 Å². The number of hydrogen-bond acceptors (Lipinski definition) is 18. The maximum Gasteiger partial charge on any atom is 0.217 e. The molecule has 4 rings (SSSR count). The number of ether oxygens (including phenoxy) is 7. The SMILES string of the molecule is CC(=O)N[C@@H]1[C@@H](O[C@@H]2O[C@H](CO)[C@H](O)[C@H](O)[C@H]2O[C@@H]2O[C@@H](C)[C@@H](O)[C@@H](O)[C@@H]2O)[C@H](O[C@@H]2O[C@@H](C)[C@@H](O)[C@@H](O)[C@@H]2O)[C@@H](CI)O[C@H]1O. The van der Waals surface area contributed by atoms with Crippen molar-refractivity contribution in [1.29, 1.82) is 0 Å². The quantitative estimate of drug-likeness (QED) is 0.0766. The summed E-state index contributed by atoms with van der Waals surface area (Å²) in [6, 6.07) is -1.43. The Morgan fingerprint density at radius 1 is 0.630 bits per heavy atom. The summed E-state index contributed by atoms with van der Waals surface area (Å²) in [4.78, 5) is 12.2. The van der Waals surface area contributed by atoms with Gasteiger partial charge in [-0.3, -0.25) is 4.79 Å². The van der Waals surface area contributed by atoms with Crippen LogP contribution in [-0.4, -0.2) is 191 Å². The van der Waals surface area contributed by atoms with Crippen LogP contribution in [0.5, 0.6) is 0 Å². The number of amides is 1. The second kappa shape index (κ2) is 16.0. The van der Waals surface area contributed by atoms with Crippen LogP contribution in [-0.2, 0) is 38.0 Å². The molecule has 11 N–H and O–H groups in total. The molecule has 0 saturated carbocycles. The van der Waals surface area contributed by atoms with Crippen LogP contribution in [0.25, 0.3) is 0 Å². The van der Waals surface area contributed by atoms with Gasteiger partial charge in [0.2, 0.25) is 5.91 Å². The predicted octanol–water partition coefficient (Wildman–Crippen LogP) is -6.11. The summed E-state index contributed by atoms with van der Waals surface area (Å²) in [5, 5.41) is 107. The third-order valence-electron chi connectivity index (χ3n) is 8.50. The van der Waals surface area contributed by atoms with Gasteiger partial charge in [0.1, 0.15) is 79.3 Å². The lowest BCUT2D eigenvalue weighted by Gasteiger charge is -2.50. The molecule has 46 heavy (non-hydrogen) atoms. The molecule has 0 aromatic heterocycles. The maximum atomic E-state index is 12.2. The van der Waals surface area contributed by atoms with Crippen molar-refractivity contribution in [3.63, 3.8) is 0 Å². The van der Waals surface area contributed by atoms with Gasteiger partial charge in [0.05, 0.1) is 24.9 Å². The molecular formula is C26H44INO18. The van der Waals surface area contributed by atoms with E-state index < -0.39 is 135 Å². The van der Waals surface area contributed by atoms with Gasteiger partial charge in [-0.25, -0.2) is 0 Å². The monoisotopic (exact) mass is 785 g/mol. The van der Waals surface area contributed by atoms with Crippen molar-refractivity contribution in [3.05, 3.63) is 0 Å². The highest BCUT2D eigenvalue weighted by molar-refractivity contribution is 14.1. The second-order valence-electron chi connectivity index (χ2n) is 11.8. The molecule has 4 aliphatic rings. The van der Waals surface area contributed by atoms with Crippen LogP contribution < -0.4 is 5.32 Å². The van der Waals surface area contributed by atoms with E-state index in [1.165, 1.54) is 13.8 Å². The number of aliphatic hydroxyl groups is 10. The van der Waals surface area contributed by atoms with E-state index >= 15 is 0 Å². The van der Waals surface area contributed by atoms with Gasteiger partial charge in [0.25, 0.3) is 0 Å². The molecule has 268 valence electrons. The van der Waals surface area contributed by atoms with Crippen LogP contribution in [0.4, 0.5) is 0 Å². The van der Waals surface area contributed by atoms with Crippen molar-refractivity contribution in [3.8, 4) is 0 Å². The van der Waals surface area contributed by atoms with Crippen LogP contribution in [0.15, 0.2) is 0 Å². The summed E-state index contributed by atoms with van der Waals surface area (Å²) in [6.07, 6.45) is -29.4. The molecule has 4 saturated heterocycles. The molecule has 20 heteroatoms. The van der Waals surface area contributed by atoms with Gasteiger partial charge in [-0.2, -0.15) is 0 Å². The summed E-state index contributed by atoms with van der Waals surface area (Å²) in [5.74, 6) is -0.643. The molecule has 0 bridgehead atoms.